The summed E-state index contributed by atoms with van der Waals surface area (Å²) in [6.07, 6.45) is 12.5. The SMILES string of the molecule is CCC[CH]=[Hf]([CH3])([CH3])([CH3])([CH]1C=Cc2c(-c3c(C)cccc3C)cccc21)[CH]1C=Cc2c(-c3c(C)cccc3C)cccc21. The molecule has 2 unspecified atom stereocenters. The van der Waals surface area contributed by atoms with Gasteiger partial charge in [-0.2, -0.15) is 0 Å². The Labute approximate surface area is 251 Å². The summed E-state index contributed by atoms with van der Waals surface area (Å²) in [5.41, 5.74) is 16.9. The van der Waals surface area contributed by atoms with Crippen molar-refractivity contribution >= 4 is 15.9 Å². The predicted octanol–water partition coefficient (Wildman–Crippen LogP) is 12.1. The Balaban J connectivity index is 1.58. The van der Waals surface area contributed by atoms with Gasteiger partial charge >= 0.3 is 253 Å². The summed E-state index contributed by atoms with van der Waals surface area (Å²) in [7, 11) is 0. The van der Waals surface area contributed by atoms with Gasteiger partial charge in [0.25, 0.3) is 0 Å². The van der Waals surface area contributed by atoms with Crippen LogP contribution in [-0.2, 0) is 16.5 Å². The summed E-state index contributed by atoms with van der Waals surface area (Å²) in [6, 6.07) is 27.6. The number of aryl methyl sites for hydroxylation is 4. The van der Waals surface area contributed by atoms with Gasteiger partial charge in [-0.15, -0.1) is 0 Å². The Morgan fingerprint density at radius 2 is 0.952 bits per heavy atom. The molecule has 0 bridgehead atoms. The first-order valence-electron chi connectivity index (χ1n) is 15.9. The number of fused-ring (bicyclic) bond motifs is 2. The van der Waals surface area contributed by atoms with Gasteiger partial charge < -0.3 is 0 Å². The zero-order chi connectivity index (χ0) is 29.9. The Hall–Kier alpha value is -2.90. The van der Waals surface area contributed by atoms with E-state index in [1.165, 1.54) is 73.2 Å². The van der Waals surface area contributed by atoms with Crippen molar-refractivity contribution in [3.8, 4) is 22.3 Å². The molecule has 2 aliphatic carbocycles. The topological polar surface area (TPSA) is 0 Å². The Morgan fingerprint density at radius 3 is 1.33 bits per heavy atom. The standard InChI is InChI=1S/2C17H15.C4H8.3CH3.Hf/c2*1-12-6-3-7-13(2)17(12)16-11-5-9-14-8-4-10-15(14)16;1-3-4-2;;;;/h2*3-11H,1-2H3;1H,3-4H2,2H3;3*1H3;. The van der Waals surface area contributed by atoms with Crippen molar-refractivity contribution in [3.05, 3.63) is 129 Å². The van der Waals surface area contributed by atoms with Gasteiger partial charge in [0.2, 0.25) is 0 Å². The molecule has 6 rings (SSSR count). The molecule has 0 aromatic heterocycles. The molecule has 4 aromatic carbocycles. The van der Waals surface area contributed by atoms with Gasteiger partial charge in [-0.25, -0.2) is 0 Å². The van der Waals surface area contributed by atoms with Crippen molar-refractivity contribution in [1.82, 2.24) is 0 Å². The van der Waals surface area contributed by atoms with Crippen molar-refractivity contribution in [3.63, 3.8) is 0 Å². The first-order chi connectivity index (χ1) is 19.9. The molecule has 0 saturated carbocycles. The molecule has 2 aliphatic rings. The van der Waals surface area contributed by atoms with Crippen molar-refractivity contribution in [2.24, 2.45) is 0 Å². The van der Waals surface area contributed by atoms with Gasteiger partial charge in [-0.1, -0.05) is 0 Å². The number of hydrogen-bond donors (Lipinski definition) is 0. The van der Waals surface area contributed by atoms with Crippen LogP contribution in [0.4, 0.5) is 0 Å². The van der Waals surface area contributed by atoms with Crippen LogP contribution < -0.4 is 0 Å². The van der Waals surface area contributed by atoms with Crippen LogP contribution in [-0.4, -0.2) is 3.76 Å². The molecule has 2 atom stereocenters. The second-order valence-electron chi connectivity index (χ2n) is 15.4. The molecule has 0 radical (unpaired) electrons. The van der Waals surface area contributed by atoms with Gasteiger partial charge in [-0.3, -0.25) is 0 Å². The molecular weight excluding hydrogens is 671 g/mol. The van der Waals surface area contributed by atoms with Crippen molar-refractivity contribution in [2.45, 2.75) is 68.9 Å². The van der Waals surface area contributed by atoms with Crippen LogP contribution in [0.5, 0.6) is 0 Å². The third kappa shape index (κ3) is 4.29. The van der Waals surface area contributed by atoms with E-state index in [2.05, 4.69) is 150 Å². The van der Waals surface area contributed by atoms with Gasteiger partial charge in [0, 0.05) is 0 Å². The van der Waals surface area contributed by atoms with Crippen LogP contribution in [0.1, 0.15) is 71.6 Å². The summed E-state index contributed by atoms with van der Waals surface area (Å²) in [6.45, 7) is 11.4. The monoisotopic (exact) mass is 719 g/mol. The molecule has 215 valence electrons. The fraction of sp³-hybridized carbons (Fsp3) is 0.293. The first-order valence-corrected chi connectivity index (χ1v) is 32.9. The van der Waals surface area contributed by atoms with E-state index in [9.17, 15) is 0 Å². The van der Waals surface area contributed by atoms with Crippen LogP contribution in [0.3, 0.4) is 0 Å². The summed E-state index contributed by atoms with van der Waals surface area (Å²) in [5.74, 6) is 0. The molecule has 0 N–H and O–H groups in total. The van der Waals surface area contributed by atoms with Crippen LogP contribution in [0.15, 0.2) is 84.9 Å². The minimum atomic E-state index is -4.49. The van der Waals surface area contributed by atoms with Crippen LogP contribution in [0.2, 0.25) is 14.0 Å². The van der Waals surface area contributed by atoms with Gasteiger partial charge in [-0.05, 0) is 0 Å². The summed E-state index contributed by atoms with van der Waals surface area (Å²) in [4.78, 5) is 0. The van der Waals surface area contributed by atoms with E-state index < -0.39 is 16.5 Å². The molecule has 0 nitrogen and oxygen atoms in total. The molecule has 0 spiro atoms. The molecule has 0 amide bonds. The Morgan fingerprint density at radius 1 is 0.571 bits per heavy atom. The summed E-state index contributed by atoms with van der Waals surface area (Å²) < 4.78 is 12.0. The normalized spacial score (nSPS) is 18.9. The third-order valence-electron chi connectivity index (χ3n) is 11.2. The van der Waals surface area contributed by atoms with Crippen LogP contribution in [0.25, 0.3) is 34.4 Å². The van der Waals surface area contributed by atoms with Gasteiger partial charge in [0.15, 0.2) is 0 Å². The van der Waals surface area contributed by atoms with Crippen LogP contribution in [0, 0.1) is 27.7 Å². The average molecular weight is 718 g/mol. The number of benzene rings is 4. The molecule has 1 heteroatoms. The van der Waals surface area contributed by atoms with Crippen molar-refractivity contribution in [2.75, 3.05) is 0 Å². The minimum absolute atomic E-state index is 0.426. The van der Waals surface area contributed by atoms with Crippen molar-refractivity contribution < 1.29 is 16.5 Å². The van der Waals surface area contributed by atoms with Gasteiger partial charge in [0.05, 0.1) is 0 Å². The van der Waals surface area contributed by atoms with E-state index in [4.69, 9.17) is 0 Å². The molecule has 0 saturated heterocycles. The van der Waals surface area contributed by atoms with E-state index >= 15 is 0 Å². The molecule has 4 aromatic rings. The van der Waals surface area contributed by atoms with E-state index in [1.807, 2.05) is 0 Å². The Kier molecular flexibility index (Phi) is 6.82. The van der Waals surface area contributed by atoms with E-state index in [0.717, 1.165) is 6.42 Å². The second-order valence-corrected chi connectivity index (χ2v) is 54.4. The number of allylic oxidation sites excluding steroid dienone is 2. The molecule has 0 aliphatic heterocycles. The zero-order valence-corrected chi connectivity index (χ0v) is 30.5. The van der Waals surface area contributed by atoms with E-state index in [0.29, 0.717) is 7.35 Å². The third-order valence-corrected chi connectivity index (χ3v) is 40.5. The summed E-state index contributed by atoms with van der Waals surface area (Å²) >= 11 is -4.49. The molecule has 0 heterocycles. The fourth-order valence-electron chi connectivity index (χ4n) is 8.87. The molecule has 0 fully saturated rings. The maximum atomic E-state index is 2.89. The van der Waals surface area contributed by atoms with Crippen molar-refractivity contribution in [1.29, 1.82) is 0 Å². The van der Waals surface area contributed by atoms with E-state index in [1.54, 1.807) is 0 Å². The van der Waals surface area contributed by atoms with Gasteiger partial charge in [0.1, 0.15) is 0 Å². The Bertz CT molecular complexity index is 1720. The number of unbranched alkanes of at least 4 members (excludes halogenated alkanes) is 1. The molecular formula is C41H47Hf. The first kappa shape index (κ1) is 29.2. The average Bonchev–Trinajstić information content (AvgIpc) is 3.59. The zero-order valence-electron chi connectivity index (χ0n) is 26.9. The fourth-order valence-corrected chi connectivity index (χ4v) is 35.0. The predicted molar refractivity (Wildman–Crippen MR) is 185 cm³/mol. The number of rotatable bonds is 6. The number of hydrogen-bond acceptors (Lipinski definition) is 0. The van der Waals surface area contributed by atoms with E-state index in [-0.39, 0.29) is 0 Å². The maximum absolute atomic E-state index is 4.49. The molecule has 42 heavy (non-hydrogen) atoms. The quantitative estimate of drug-likeness (QED) is 0.174. The second kappa shape index (κ2) is 9.81. The summed E-state index contributed by atoms with van der Waals surface area (Å²) in [5, 5.41) is 0. The van der Waals surface area contributed by atoms with Crippen LogP contribution >= 0.6 is 0 Å².